The van der Waals surface area contributed by atoms with E-state index in [0.29, 0.717) is 61.6 Å². The van der Waals surface area contributed by atoms with Gasteiger partial charge in [-0.05, 0) is 37.5 Å². The summed E-state index contributed by atoms with van der Waals surface area (Å²) in [5, 5.41) is 18.5. The molecule has 3 aliphatic heterocycles. The van der Waals surface area contributed by atoms with Crippen LogP contribution >= 0.6 is 11.6 Å². The highest BCUT2D eigenvalue weighted by atomic mass is 35.5. The average Bonchev–Trinajstić information content (AvgIpc) is 3.21. The number of halogens is 1. The van der Waals surface area contributed by atoms with Crippen molar-refractivity contribution in [3.63, 3.8) is 0 Å². The highest BCUT2D eigenvalue weighted by Gasteiger charge is 2.43. The van der Waals surface area contributed by atoms with Crippen LogP contribution in [-0.4, -0.2) is 83.8 Å². The zero-order valence-corrected chi connectivity index (χ0v) is 21.0. The van der Waals surface area contributed by atoms with E-state index in [-0.39, 0.29) is 30.3 Å². The molecule has 5 rings (SSSR count). The third-order valence-corrected chi connectivity index (χ3v) is 7.59. The van der Waals surface area contributed by atoms with Crippen molar-refractivity contribution in [2.24, 2.45) is 0 Å². The summed E-state index contributed by atoms with van der Waals surface area (Å²) < 4.78 is 5.43. The number of nitrogens with one attached hydrogen (secondary N) is 2. The maximum atomic E-state index is 13.8. The van der Waals surface area contributed by atoms with E-state index in [1.165, 1.54) is 6.33 Å². The number of carbonyl (C=O) groups excluding carboxylic acids is 2. The Bertz CT molecular complexity index is 1120. The fourth-order valence-electron chi connectivity index (χ4n) is 5.10. The van der Waals surface area contributed by atoms with Crippen molar-refractivity contribution in [2.45, 2.75) is 37.3 Å². The molecule has 4 heterocycles. The Hall–Kier alpha value is -2.79. The Balaban J connectivity index is 1.31. The van der Waals surface area contributed by atoms with Gasteiger partial charge in [-0.15, -0.1) is 0 Å². The zero-order chi connectivity index (χ0) is 25.3. The number of carbonyl (C=O) groups is 2. The number of aliphatic hydroxyl groups is 1. The fraction of sp³-hybridized carbons (Fsp3) is 0.520. The number of amides is 2. The van der Waals surface area contributed by atoms with Gasteiger partial charge in [-0.25, -0.2) is 9.97 Å². The smallest absolute Gasteiger partial charge is 0.260 e. The molecule has 1 aromatic carbocycles. The number of ether oxygens (including phenoxy) is 1. The molecule has 36 heavy (non-hydrogen) atoms. The highest BCUT2D eigenvalue weighted by Crippen LogP contribution is 2.37. The fourth-order valence-corrected chi connectivity index (χ4v) is 5.22. The summed E-state index contributed by atoms with van der Waals surface area (Å²) in [4.78, 5) is 38.4. The zero-order valence-electron chi connectivity index (χ0n) is 20.2. The Labute approximate surface area is 215 Å². The molecule has 11 heteroatoms. The van der Waals surface area contributed by atoms with E-state index in [1.54, 1.807) is 29.2 Å². The quantitative estimate of drug-likeness (QED) is 0.530. The molecule has 192 valence electrons. The van der Waals surface area contributed by atoms with Gasteiger partial charge >= 0.3 is 0 Å². The van der Waals surface area contributed by atoms with Crippen LogP contribution in [0.4, 0.5) is 11.6 Å². The van der Waals surface area contributed by atoms with Crippen molar-refractivity contribution >= 4 is 35.1 Å². The molecule has 10 nitrogen and oxygen atoms in total. The topological polar surface area (TPSA) is 120 Å². The minimum atomic E-state index is -1.73. The third kappa shape index (κ3) is 4.78. The molecule has 0 bridgehead atoms. The predicted octanol–water partition coefficient (Wildman–Crippen LogP) is 1.49. The molecular weight excluding hydrogens is 484 g/mol. The Morgan fingerprint density at radius 2 is 1.89 bits per heavy atom. The normalized spacial score (nSPS) is 22.2. The summed E-state index contributed by atoms with van der Waals surface area (Å²) in [5.41, 5.74) is -0.432. The highest BCUT2D eigenvalue weighted by molar-refractivity contribution is 6.30. The number of aromatic nitrogens is 2. The van der Waals surface area contributed by atoms with Crippen molar-refractivity contribution in [1.82, 2.24) is 20.2 Å². The molecule has 2 aromatic rings. The Morgan fingerprint density at radius 3 is 2.58 bits per heavy atom. The monoisotopic (exact) mass is 514 g/mol. The van der Waals surface area contributed by atoms with Crippen molar-refractivity contribution in [3.8, 4) is 0 Å². The number of fused-ring (bicyclic) bond motifs is 1. The number of piperazine rings is 1. The molecule has 0 aliphatic carbocycles. The van der Waals surface area contributed by atoms with Crippen LogP contribution in [-0.2, 0) is 19.9 Å². The second-order valence-electron chi connectivity index (χ2n) is 9.58. The van der Waals surface area contributed by atoms with Gasteiger partial charge in [-0.3, -0.25) is 9.59 Å². The summed E-state index contributed by atoms with van der Waals surface area (Å²) >= 11 is 6.07. The number of anilines is 2. The van der Waals surface area contributed by atoms with Crippen LogP contribution in [0.2, 0.25) is 5.02 Å². The minimum Gasteiger partial charge on any atom is -0.381 e. The molecule has 0 spiro atoms. The van der Waals surface area contributed by atoms with E-state index >= 15 is 0 Å². The SMILES string of the molecule is CC1C(=O)Nc2ncnc(N3CCN(C(=O)[C@](O)(CNC4CCOCC4)c4ccc(Cl)cc4)CC3)c21. The van der Waals surface area contributed by atoms with Crippen molar-refractivity contribution in [1.29, 1.82) is 0 Å². The van der Waals surface area contributed by atoms with Crippen LogP contribution in [0.25, 0.3) is 0 Å². The van der Waals surface area contributed by atoms with Crippen LogP contribution in [0.5, 0.6) is 0 Å². The number of hydrogen-bond acceptors (Lipinski definition) is 8. The van der Waals surface area contributed by atoms with Crippen LogP contribution < -0.4 is 15.5 Å². The van der Waals surface area contributed by atoms with Crippen LogP contribution in [0.3, 0.4) is 0 Å². The minimum absolute atomic E-state index is 0.0920. The van der Waals surface area contributed by atoms with E-state index in [9.17, 15) is 14.7 Å². The molecule has 2 saturated heterocycles. The van der Waals surface area contributed by atoms with Gasteiger partial charge in [-0.2, -0.15) is 0 Å². The van der Waals surface area contributed by atoms with Crippen molar-refractivity contribution in [2.75, 3.05) is 56.2 Å². The second-order valence-corrected chi connectivity index (χ2v) is 10.0. The lowest BCUT2D eigenvalue weighted by Crippen LogP contribution is -2.58. The first-order chi connectivity index (χ1) is 17.4. The summed E-state index contributed by atoms with van der Waals surface area (Å²) in [6.07, 6.45) is 3.12. The lowest BCUT2D eigenvalue weighted by Gasteiger charge is -2.40. The first-order valence-electron chi connectivity index (χ1n) is 12.4. The molecular formula is C25H31ClN6O4. The van der Waals surface area contributed by atoms with Crippen LogP contribution in [0.15, 0.2) is 30.6 Å². The number of benzene rings is 1. The van der Waals surface area contributed by atoms with Gasteiger partial charge in [0, 0.05) is 62.6 Å². The first-order valence-corrected chi connectivity index (χ1v) is 12.7. The molecule has 1 aromatic heterocycles. The van der Waals surface area contributed by atoms with Gasteiger partial charge in [-0.1, -0.05) is 23.7 Å². The molecule has 3 aliphatic rings. The standard InChI is InChI=1S/C25H31ClN6O4/c1-16-20-21(30-23(16)33)28-15-29-22(20)31-8-10-32(11-9-31)24(34)25(35,17-2-4-18(26)5-3-17)14-27-19-6-12-36-13-7-19/h2-5,15-16,19,27,35H,6-14H2,1H3,(H,28,29,30,33)/t16?,25-/m0/s1. The largest absolute Gasteiger partial charge is 0.381 e. The third-order valence-electron chi connectivity index (χ3n) is 7.34. The molecule has 0 saturated carbocycles. The van der Waals surface area contributed by atoms with E-state index < -0.39 is 5.60 Å². The maximum Gasteiger partial charge on any atom is 0.260 e. The van der Waals surface area contributed by atoms with Gasteiger partial charge in [0.15, 0.2) is 5.60 Å². The summed E-state index contributed by atoms with van der Waals surface area (Å²) in [6, 6.07) is 6.97. The van der Waals surface area contributed by atoms with Gasteiger partial charge in [0.1, 0.15) is 18.0 Å². The number of nitrogens with zero attached hydrogens (tertiary/aromatic N) is 4. The van der Waals surface area contributed by atoms with Crippen molar-refractivity contribution < 1.29 is 19.4 Å². The molecule has 2 atom stereocenters. The van der Waals surface area contributed by atoms with Gasteiger partial charge in [0.05, 0.1) is 5.92 Å². The number of hydrogen-bond donors (Lipinski definition) is 3. The summed E-state index contributed by atoms with van der Waals surface area (Å²) in [7, 11) is 0. The molecule has 1 unspecified atom stereocenters. The van der Waals surface area contributed by atoms with Crippen LogP contribution in [0, 0.1) is 0 Å². The molecule has 0 radical (unpaired) electrons. The molecule has 2 amide bonds. The predicted molar refractivity (Wildman–Crippen MR) is 135 cm³/mol. The average molecular weight is 515 g/mol. The lowest BCUT2D eigenvalue weighted by atomic mass is 9.91. The lowest BCUT2D eigenvalue weighted by molar-refractivity contribution is -0.152. The molecule has 2 fully saturated rings. The first kappa shape index (κ1) is 24.9. The van der Waals surface area contributed by atoms with Crippen molar-refractivity contribution in [3.05, 3.63) is 46.7 Å². The van der Waals surface area contributed by atoms with E-state index in [2.05, 4.69) is 25.5 Å². The molecule has 3 N–H and O–H groups in total. The van der Waals surface area contributed by atoms with E-state index in [4.69, 9.17) is 16.3 Å². The van der Waals surface area contributed by atoms with E-state index in [0.717, 1.165) is 18.4 Å². The Kier molecular flexibility index (Phi) is 7.11. The summed E-state index contributed by atoms with van der Waals surface area (Å²) in [6.45, 7) is 5.16. The van der Waals surface area contributed by atoms with Gasteiger partial charge in [0.25, 0.3) is 5.91 Å². The van der Waals surface area contributed by atoms with E-state index in [1.807, 2.05) is 6.92 Å². The van der Waals surface area contributed by atoms with Gasteiger partial charge < -0.3 is 30.3 Å². The van der Waals surface area contributed by atoms with Gasteiger partial charge in [0.2, 0.25) is 5.91 Å². The van der Waals surface area contributed by atoms with Crippen LogP contribution in [0.1, 0.15) is 36.8 Å². The second kappa shape index (κ2) is 10.3. The maximum absolute atomic E-state index is 13.8. The summed E-state index contributed by atoms with van der Waals surface area (Å²) in [5.74, 6) is 0.495. The Morgan fingerprint density at radius 1 is 1.19 bits per heavy atom. The number of rotatable bonds is 6.